The van der Waals surface area contributed by atoms with Crippen LogP contribution >= 0.6 is 0 Å². The largest absolute Gasteiger partial charge is 0.298 e. The van der Waals surface area contributed by atoms with Crippen molar-refractivity contribution in [3.8, 4) is 23.1 Å². The fraction of sp³-hybridized carbons (Fsp3) is 0.0588. The molecule has 1 heterocycles. The third-order valence-corrected chi connectivity index (χ3v) is 4.59. The van der Waals surface area contributed by atoms with Gasteiger partial charge in [-0.15, -0.1) is 0 Å². The minimum absolute atomic E-state index is 0.201. The molecular weight excluding hydrogens is 329 g/mol. The molecule has 120 valence electrons. The molecule has 0 aliphatic rings. The van der Waals surface area contributed by atoms with Crippen LogP contribution in [0.2, 0.25) is 0 Å². The first-order valence-corrected chi connectivity index (χ1v) is 8.83. The van der Waals surface area contributed by atoms with E-state index >= 15 is 0 Å². The molecular formula is C17H12FN3O2S. The van der Waals surface area contributed by atoms with Crippen LogP contribution in [-0.2, 0) is 9.84 Å². The average molecular weight is 341 g/mol. The lowest BCUT2D eigenvalue weighted by atomic mass is 10.2. The molecule has 0 radical (unpaired) electrons. The van der Waals surface area contributed by atoms with Crippen LogP contribution in [0.5, 0.6) is 0 Å². The van der Waals surface area contributed by atoms with Gasteiger partial charge in [0, 0.05) is 23.7 Å². The van der Waals surface area contributed by atoms with Gasteiger partial charge in [-0.3, -0.25) is 4.57 Å². The van der Waals surface area contributed by atoms with Crippen molar-refractivity contribution < 1.29 is 12.8 Å². The third-order valence-electron chi connectivity index (χ3n) is 3.47. The number of hydrogen-bond donors (Lipinski definition) is 0. The maximum Gasteiger partial charge on any atom is 0.175 e. The molecule has 0 spiro atoms. The van der Waals surface area contributed by atoms with Crippen molar-refractivity contribution >= 4 is 9.84 Å². The van der Waals surface area contributed by atoms with Crippen LogP contribution in [0.1, 0.15) is 5.69 Å². The highest BCUT2D eigenvalue weighted by Gasteiger charge is 2.13. The van der Waals surface area contributed by atoms with E-state index in [0.717, 1.165) is 6.26 Å². The molecule has 1 aromatic heterocycles. The Hall–Kier alpha value is -2.98. The van der Waals surface area contributed by atoms with Crippen molar-refractivity contribution in [1.29, 1.82) is 5.26 Å². The zero-order valence-electron chi connectivity index (χ0n) is 12.6. The molecule has 2 aromatic carbocycles. The van der Waals surface area contributed by atoms with Gasteiger partial charge in [0.25, 0.3) is 0 Å². The number of halogens is 1. The molecule has 3 aromatic rings. The van der Waals surface area contributed by atoms with Crippen LogP contribution < -0.4 is 0 Å². The maximum atomic E-state index is 13.1. The molecule has 0 bridgehead atoms. The monoisotopic (exact) mass is 341 g/mol. The number of nitriles is 1. The van der Waals surface area contributed by atoms with Crippen molar-refractivity contribution in [3.05, 3.63) is 66.2 Å². The SMILES string of the molecule is CS(=O)(=O)c1ccc(-c2nc(C#N)cn2-c2ccc(F)cc2)cc1. The fourth-order valence-electron chi connectivity index (χ4n) is 2.29. The van der Waals surface area contributed by atoms with Crippen molar-refractivity contribution in [2.45, 2.75) is 4.90 Å². The van der Waals surface area contributed by atoms with Crippen molar-refractivity contribution in [2.75, 3.05) is 6.26 Å². The Labute approximate surface area is 138 Å². The first-order valence-electron chi connectivity index (χ1n) is 6.94. The van der Waals surface area contributed by atoms with Crippen molar-refractivity contribution in [3.63, 3.8) is 0 Å². The number of nitrogens with zero attached hydrogens (tertiary/aromatic N) is 3. The van der Waals surface area contributed by atoms with E-state index in [1.807, 2.05) is 6.07 Å². The van der Waals surface area contributed by atoms with Crippen LogP contribution in [0.4, 0.5) is 4.39 Å². The zero-order valence-corrected chi connectivity index (χ0v) is 13.5. The van der Waals surface area contributed by atoms with Gasteiger partial charge in [0.15, 0.2) is 15.5 Å². The van der Waals surface area contributed by atoms with Crippen LogP contribution in [0.3, 0.4) is 0 Å². The second-order valence-corrected chi connectivity index (χ2v) is 7.22. The summed E-state index contributed by atoms with van der Waals surface area (Å²) in [5.74, 6) is 0.108. The molecule has 5 nitrogen and oxygen atoms in total. The van der Waals surface area contributed by atoms with Crippen LogP contribution in [-0.4, -0.2) is 24.2 Å². The van der Waals surface area contributed by atoms with Gasteiger partial charge in [0.1, 0.15) is 17.7 Å². The van der Waals surface area contributed by atoms with E-state index in [0.29, 0.717) is 17.1 Å². The van der Waals surface area contributed by atoms with E-state index in [2.05, 4.69) is 4.98 Å². The zero-order chi connectivity index (χ0) is 17.3. The lowest BCUT2D eigenvalue weighted by Gasteiger charge is -2.08. The molecule has 0 fully saturated rings. The molecule has 0 atom stereocenters. The molecule has 0 unspecified atom stereocenters. The second-order valence-electron chi connectivity index (χ2n) is 5.20. The Morgan fingerprint density at radius 3 is 2.25 bits per heavy atom. The minimum atomic E-state index is -3.29. The van der Waals surface area contributed by atoms with E-state index < -0.39 is 9.84 Å². The van der Waals surface area contributed by atoms with E-state index in [4.69, 9.17) is 5.26 Å². The van der Waals surface area contributed by atoms with Gasteiger partial charge in [-0.2, -0.15) is 5.26 Å². The molecule has 0 aliphatic heterocycles. The number of imidazole rings is 1. The van der Waals surface area contributed by atoms with Gasteiger partial charge in [-0.25, -0.2) is 17.8 Å². The van der Waals surface area contributed by atoms with E-state index in [-0.39, 0.29) is 16.4 Å². The van der Waals surface area contributed by atoms with Crippen LogP contribution in [0.25, 0.3) is 17.1 Å². The number of aromatic nitrogens is 2. The molecule has 0 saturated heterocycles. The summed E-state index contributed by atoms with van der Waals surface area (Å²) in [6.07, 6.45) is 2.68. The predicted molar refractivity (Wildman–Crippen MR) is 86.8 cm³/mol. The summed E-state index contributed by atoms with van der Waals surface area (Å²) < 4.78 is 37.9. The Bertz CT molecular complexity index is 1030. The summed E-state index contributed by atoms with van der Waals surface area (Å²) in [5.41, 5.74) is 1.50. The number of sulfone groups is 1. The minimum Gasteiger partial charge on any atom is -0.298 e. The van der Waals surface area contributed by atoms with Gasteiger partial charge in [0.2, 0.25) is 0 Å². The summed E-state index contributed by atoms with van der Waals surface area (Å²) in [6, 6.07) is 14.0. The van der Waals surface area contributed by atoms with Crippen molar-refractivity contribution in [1.82, 2.24) is 9.55 Å². The summed E-state index contributed by atoms with van der Waals surface area (Å²) in [6.45, 7) is 0. The number of benzene rings is 2. The fourth-order valence-corrected chi connectivity index (χ4v) is 2.92. The smallest absolute Gasteiger partial charge is 0.175 e. The first kappa shape index (κ1) is 15.9. The first-order chi connectivity index (χ1) is 11.4. The topological polar surface area (TPSA) is 75.8 Å². The summed E-state index contributed by atoms with van der Waals surface area (Å²) >= 11 is 0. The average Bonchev–Trinajstić information content (AvgIpc) is 2.99. The van der Waals surface area contributed by atoms with Crippen molar-refractivity contribution in [2.24, 2.45) is 0 Å². The highest BCUT2D eigenvalue weighted by Crippen LogP contribution is 2.24. The molecule has 3 rings (SSSR count). The standard InChI is InChI=1S/C17H12FN3O2S/c1-24(22,23)16-8-2-12(3-9-16)17-20-14(10-19)11-21(17)15-6-4-13(18)5-7-15/h2-9,11H,1H3. The second kappa shape index (κ2) is 5.91. The van der Waals surface area contributed by atoms with Crippen LogP contribution in [0, 0.1) is 17.1 Å². The quantitative estimate of drug-likeness (QED) is 0.734. The van der Waals surface area contributed by atoms with Gasteiger partial charge < -0.3 is 0 Å². The highest BCUT2D eigenvalue weighted by atomic mass is 32.2. The predicted octanol–water partition coefficient (Wildman–Crippen LogP) is 2.95. The van der Waals surface area contributed by atoms with Crippen LogP contribution in [0.15, 0.2) is 59.6 Å². The summed E-state index contributed by atoms with van der Waals surface area (Å²) in [5, 5.41) is 9.10. The molecule has 0 saturated carbocycles. The molecule has 0 amide bonds. The Morgan fingerprint density at radius 1 is 1.08 bits per heavy atom. The van der Waals surface area contributed by atoms with E-state index in [9.17, 15) is 12.8 Å². The normalized spacial score (nSPS) is 11.2. The molecule has 7 heteroatoms. The van der Waals surface area contributed by atoms with Gasteiger partial charge in [-0.1, -0.05) is 0 Å². The molecule has 0 N–H and O–H groups in total. The maximum absolute atomic E-state index is 13.1. The lowest BCUT2D eigenvalue weighted by molar-refractivity contribution is 0.602. The van der Waals surface area contributed by atoms with Gasteiger partial charge in [-0.05, 0) is 48.5 Å². The summed E-state index contributed by atoms with van der Waals surface area (Å²) in [4.78, 5) is 4.45. The lowest BCUT2D eigenvalue weighted by Crippen LogP contribution is -1.98. The number of rotatable bonds is 3. The van der Waals surface area contributed by atoms with Gasteiger partial charge in [0.05, 0.1) is 4.90 Å². The molecule has 0 aliphatic carbocycles. The third kappa shape index (κ3) is 3.05. The number of hydrogen-bond acceptors (Lipinski definition) is 4. The van der Waals surface area contributed by atoms with Gasteiger partial charge >= 0.3 is 0 Å². The highest BCUT2D eigenvalue weighted by molar-refractivity contribution is 7.90. The van der Waals surface area contributed by atoms with E-state index in [1.54, 1.807) is 35.0 Å². The Kier molecular flexibility index (Phi) is 3.91. The Balaban J connectivity index is 2.12. The molecule has 24 heavy (non-hydrogen) atoms. The van der Waals surface area contributed by atoms with E-state index in [1.165, 1.54) is 24.3 Å². The summed E-state index contributed by atoms with van der Waals surface area (Å²) in [7, 11) is -3.29. The Morgan fingerprint density at radius 2 is 1.71 bits per heavy atom.